The summed E-state index contributed by atoms with van der Waals surface area (Å²) < 4.78 is 20.1. The Morgan fingerprint density at radius 2 is 1.50 bits per heavy atom. The van der Waals surface area contributed by atoms with Crippen molar-refractivity contribution in [1.29, 1.82) is 0 Å². The molecule has 2 fully saturated rings. The van der Waals surface area contributed by atoms with Gasteiger partial charge in [0.2, 0.25) is 11.8 Å². The van der Waals surface area contributed by atoms with Gasteiger partial charge in [-0.2, -0.15) is 10.1 Å². The van der Waals surface area contributed by atoms with Crippen LogP contribution in [-0.2, 0) is 25.0 Å². The second kappa shape index (κ2) is 13.2. The van der Waals surface area contributed by atoms with Crippen LogP contribution in [0.4, 0.5) is 10.5 Å². The van der Waals surface area contributed by atoms with E-state index in [9.17, 15) is 4.79 Å². The standard InChI is InChI=1S/C39H43N5O4/c1-39(2,3)48-38(45)43-21-20-29-22-44(24-30(29)23-43)33-17-11-16-31-35(41-42(4)36(31)33)32-18-19-34(46-25-27-12-7-5-8-13-27)40-37(32)47-26-28-14-9-6-10-15-28/h5-19,29-30H,20-26H2,1-4H3. The number of nitrogens with zero attached hydrogens (tertiary/aromatic N) is 5. The zero-order chi connectivity index (χ0) is 33.3. The Balaban J connectivity index is 1.17. The Morgan fingerprint density at radius 3 is 2.21 bits per heavy atom. The van der Waals surface area contributed by atoms with Crippen molar-refractivity contribution in [2.24, 2.45) is 18.9 Å². The number of pyridine rings is 1. The summed E-state index contributed by atoms with van der Waals surface area (Å²) in [5.74, 6) is 1.88. The summed E-state index contributed by atoms with van der Waals surface area (Å²) in [7, 11) is 2.00. The molecule has 2 aromatic heterocycles. The van der Waals surface area contributed by atoms with E-state index in [2.05, 4.69) is 23.1 Å². The Morgan fingerprint density at radius 1 is 0.812 bits per heavy atom. The summed E-state index contributed by atoms with van der Waals surface area (Å²) in [5.41, 5.74) is 5.45. The molecule has 4 heterocycles. The van der Waals surface area contributed by atoms with Crippen molar-refractivity contribution in [3.8, 4) is 23.0 Å². The molecule has 0 saturated carbocycles. The quantitative estimate of drug-likeness (QED) is 0.173. The number of aryl methyl sites for hydroxylation is 1. The van der Waals surface area contributed by atoms with E-state index < -0.39 is 5.60 Å². The van der Waals surface area contributed by atoms with Crippen molar-refractivity contribution >= 4 is 22.7 Å². The lowest BCUT2D eigenvalue weighted by Gasteiger charge is -2.35. The predicted octanol–water partition coefficient (Wildman–Crippen LogP) is 7.49. The number of fused-ring (bicyclic) bond motifs is 2. The number of carbonyl (C=O) groups excluding carboxylic acids is 1. The molecule has 2 atom stereocenters. The van der Waals surface area contributed by atoms with Crippen molar-refractivity contribution in [1.82, 2.24) is 19.7 Å². The number of ether oxygens (including phenoxy) is 3. The number of hydrogen-bond acceptors (Lipinski definition) is 7. The SMILES string of the molecule is Cn1nc(-c2ccc(OCc3ccccc3)nc2OCc2ccccc2)c2cccc(N3CC4CCN(C(=O)OC(C)(C)C)CC4C3)c21. The molecule has 0 spiro atoms. The van der Waals surface area contributed by atoms with Gasteiger partial charge in [-0.05, 0) is 62.3 Å². The van der Waals surface area contributed by atoms with E-state index >= 15 is 0 Å². The first-order valence-corrected chi connectivity index (χ1v) is 16.8. The van der Waals surface area contributed by atoms with Gasteiger partial charge in [0.15, 0.2) is 0 Å². The van der Waals surface area contributed by atoms with Crippen molar-refractivity contribution in [3.63, 3.8) is 0 Å². The van der Waals surface area contributed by atoms with Gasteiger partial charge in [-0.1, -0.05) is 72.8 Å². The van der Waals surface area contributed by atoms with Crippen molar-refractivity contribution in [3.05, 3.63) is 102 Å². The molecule has 0 aliphatic carbocycles. The van der Waals surface area contributed by atoms with Crippen molar-refractivity contribution in [2.45, 2.75) is 46.0 Å². The first-order chi connectivity index (χ1) is 23.2. The van der Waals surface area contributed by atoms with Crippen LogP contribution in [0, 0.1) is 11.8 Å². The van der Waals surface area contributed by atoms with E-state index in [1.165, 1.54) is 0 Å². The highest BCUT2D eigenvalue weighted by Gasteiger charge is 2.40. The van der Waals surface area contributed by atoms with E-state index in [-0.39, 0.29) is 6.09 Å². The Labute approximate surface area is 282 Å². The molecule has 2 saturated heterocycles. The summed E-state index contributed by atoms with van der Waals surface area (Å²) in [5, 5.41) is 6.08. The van der Waals surface area contributed by atoms with Gasteiger partial charge in [0.1, 0.15) is 24.5 Å². The third-order valence-corrected chi connectivity index (χ3v) is 9.17. The molecule has 0 N–H and O–H groups in total. The average Bonchev–Trinajstić information content (AvgIpc) is 3.67. The second-order valence-electron chi connectivity index (χ2n) is 13.8. The second-order valence-corrected chi connectivity index (χ2v) is 13.8. The third-order valence-electron chi connectivity index (χ3n) is 9.17. The summed E-state index contributed by atoms with van der Waals surface area (Å²) >= 11 is 0. The van der Waals surface area contributed by atoms with Crippen molar-refractivity contribution < 1.29 is 19.0 Å². The largest absolute Gasteiger partial charge is 0.473 e. The van der Waals surface area contributed by atoms with Gasteiger partial charge >= 0.3 is 6.09 Å². The lowest BCUT2D eigenvalue weighted by atomic mass is 9.89. The summed E-state index contributed by atoms with van der Waals surface area (Å²) in [4.78, 5) is 22.0. The molecule has 2 unspecified atom stereocenters. The van der Waals surface area contributed by atoms with Crippen LogP contribution >= 0.6 is 0 Å². The average molecular weight is 646 g/mol. The minimum Gasteiger partial charge on any atom is -0.473 e. The third kappa shape index (κ3) is 6.81. The van der Waals surface area contributed by atoms with Crippen LogP contribution in [0.3, 0.4) is 0 Å². The van der Waals surface area contributed by atoms with E-state index in [1.807, 2.05) is 110 Å². The normalized spacial score (nSPS) is 17.8. The number of rotatable bonds is 8. The number of aromatic nitrogens is 3. The van der Waals surface area contributed by atoms with Gasteiger partial charge in [0.05, 0.1) is 16.8 Å². The molecule has 9 heteroatoms. The predicted molar refractivity (Wildman–Crippen MR) is 187 cm³/mol. The molecular formula is C39H43N5O4. The van der Waals surface area contributed by atoms with Crippen LogP contribution in [0.2, 0.25) is 0 Å². The molecule has 0 radical (unpaired) electrons. The molecule has 0 bridgehead atoms. The number of hydrogen-bond donors (Lipinski definition) is 0. The fraction of sp³-hybridized carbons (Fsp3) is 0.359. The molecule has 1 amide bonds. The highest BCUT2D eigenvalue weighted by atomic mass is 16.6. The Kier molecular flexibility index (Phi) is 8.69. The first kappa shape index (κ1) is 31.5. The zero-order valence-electron chi connectivity index (χ0n) is 28.1. The number of likely N-dealkylation sites (tertiary alicyclic amines) is 1. The number of para-hydroxylation sites is 1. The monoisotopic (exact) mass is 645 g/mol. The zero-order valence-corrected chi connectivity index (χ0v) is 28.1. The maximum absolute atomic E-state index is 12.8. The first-order valence-electron chi connectivity index (χ1n) is 16.8. The highest BCUT2D eigenvalue weighted by molar-refractivity contribution is 6.01. The van der Waals surface area contributed by atoms with Gasteiger partial charge in [-0.25, -0.2) is 4.79 Å². The topological polar surface area (TPSA) is 82.0 Å². The van der Waals surface area contributed by atoms with Gasteiger partial charge in [-0.15, -0.1) is 0 Å². The van der Waals surface area contributed by atoms with Gasteiger partial charge < -0.3 is 24.0 Å². The number of anilines is 1. The minimum atomic E-state index is -0.500. The molecular weight excluding hydrogens is 602 g/mol. The summed E-state index contributed by atoms with van der Waals surface area (Å²) in [6, 6.07) is 30.4. The number of piperidine rings is 1. The van der Waals surface area contributed by atoms with Crippen LogP contribution < -0.4 is 14.4 Å². The molecule has 2 aliphatic heterocycles. The Hall–Kier alpha value is -5.05. The number of benzene rings is 3. The fourth-order valence-corrected chi connectivity index (χ4v) is 6.88. The van der Waals surface area contributed by atoms with Crippen molar-refractivity contribution in [2.75, 3.05) is 31.1 Å². The van der Waals surface area contributed by atoms with E-state index in [0.717, 1.165) is 71.6 Å². The molecule has 2 aliphatic rings. The molecule has 3 aromatic carbocycles. The number of amides is 1. The minimum absolute atomic E-state index is 0.215. The lowest BCUT2D eigenvalue weighted by molar-refractivity contribution is 0.0140. The van der Waals surface area contributed by atoms with E-state index in [1.54, 1.807) is 0 Å². The molecule has 7 rings (SSSR count). The Bertz CT molecular complexity index is 1890. The van der Waals surface area contributed by atoms with Crippen LogP contribution in [0.25, 0.3) is 22.2 Å². The van der Waals surface area contributed by atoms with Crippen LogP contribution in [0.5, 0.6) is 11.8 Å². The van der Waals surface area contributed by atoms with Crippen LogP contribution in [0.15, 0.2) is 91.0 Å². The van der Waals surface area contributed by atoms with Crippen LogP contribution in [-0.4, -0.2) is 57.5 Å². The van der Waals surface area contributed by atoms with E-state index in [4.69, 9.17) is 24.3 Å². The highest BCUT2D eigenvalue weighted by Crippen LogP contribution is 2.41. The molecule has 48 heavy (non-hydrogen) atoms. The summed E-state index contributed by atoms with van der Waals surface area (Å²) in [6.07, 6.45) is 0.757. The molecule has 9 nitrogen and oxygen atoms in total. The smallest absolute Gasteiger partial charge is 0.410 e. The lowest BCUT2D eigenvalue weighted by Crippen LogP contribution is -2.45. The molecule has 248 valence electrons. The van der Waals surface area contributed by atoms with Gasteiger partial charge in [0, 0.05) is 44.7 Å². The van der Waals surface area contributed by atoms with Gasteiger partial charge in [0.25, 0.3) is 0 Å². The fourth-order valence-electron chi connectivity index (χ4n) is 6.88. The number of carbonyl (C=O) groups is 1. The van der Waals surface area contributed by atoms with Crippen LogP contribution in [0.1, 0.15) is 38.3 Å². The maximum atomic E-state index is 12.8. The van der Waals surface area contributed by atoms with Gasteiger partial charge in [-0.3, -0.25) is 4.68 Å². The maximum Gasteiger partial charge on any atom is 0.410 e. The summed E-state index contributed by atoms with van der Waals surface area (Å²) in [6.45, 7) is 9.81. The van der Waals surface area contributed by atoms with E-state index in [0.29, 0.717) is 36.8 Å². The molecule has 5 aromatic rings.